The number of nitrogens with zero attached hydrogens (tertiary/aromatic N) is 1. The van der Waals surface area contributed by atoms with Crippen molar-refractivity contribution in [3.63, 3.8) is 0 Å². The standard InChI is InChI=1S/C12H11NO6S2/c14-11(15)18-5-7(19-12(16)17)6-20-10-13-8-3-1-2-4-9(8)21-10/h1-4,7H,5-6H2,(H,14,15)(H,16,17). The second kappa shape index (κ2) is 7.14. The fourth-order valence-electron chi connectivity index (χ4n) is 1.50. The van der Waals surface area contributed by atoms with Crippen LogP contribution in [0.15, 0.2) is 28.6 Å². The predicted octanol–water partition coefficient (Wildman–Crippen LogP) is 3.15. The lowest BCUT2D eigenvalue weighted by atomic mass is 10.3. The minimum Gasteiger partial charge on any atom is -0.450 e. The average Bonchev–Trinajstić information content (AvgIpc) is 2.84. The topological polar surface area (TPSA) is 106 Å². The van der Waals surface area contributed by atoms with Crippen molar-refractivity contribution in [2.24, 2.45) is 0 Å². The zero-order valence-corrected chi connectivity index (χ0v) is 12.2. The highest BCUT2D eigenvalue weighted by molar-refractivity contribution is 8.01. The van der Waals surface area contributed by atoms with Gasteiger partial charge in [-0.2, -0.15) is 0 Å². The Bertz CT molecular complexity index is 610. The Balaban J connectivity index is 1.96. The van der Waals surface area contributed by atoms with Gasteiger partial charge >= 0.3 is 12.3 Å². The van der Waals surface area contributed by atoms with E-state index in [1.54, 1.807) is 0 Å². The minimum atomic E-state index is -1.47. The van der Waals surface area contributed by atoms with Crippen LogP contribution in [0.5, 0.6) is 0 Å². The molecule has 1 atom stereocenters. The summed E-state index contributed by atoms with van der Waals surface area (Å²) in [5, 5.41) is 17.0. The molecule has 0 fully saturated rings. The Kier molecular flexibility index (Phi) is 5.23. The maximum absolute atomic E-state index is 10.6. The summed E-state index contributed by atoms with van der Waals surface area (Å²) in [6, 6.07) is 7.62. The smallest absolute Gasteiger partial charge is 0.450 e. The van der Waals surface area contributed by atoms with E-state index < -0.39 is 18.4 Å². The van der Waals surface area contributed by atoms with Gasteiger partial charge in [0.1, 0.15) is 12.7 Å². The molecule has 0 saturated heterocycles. The van der Waals surface area contributed by atoms with Crippen molar-refractivity contribution in [2.45, 2.75) is 10.4 Å². The first kappa shape index (κ1) is 15.4. The van der Waals surface area contributed by atoms with Crippen LogP contribution in [-0.4, -0.2) is 46.0 Å². The van der Waals surface area contributed by atoms with Crippen LogP contribution in [0.4, 0.5) is 9.59 Å². The highest BCUT2D eigenvalue weighted by Crippen LogP contribution is 2.29. The summed E-state index contributed by atoms with van der Waals surface area (Å²) in [5.41, 5.74) is 0.863. The monoisotopic (exact) mass is 329 g/mol. The Morgan fingerprint density at radius 2 is 2.05 bits per heavy atom. The van der Waals surface area contributed by atoms with Crippen molar-refractivity contribution < 1.29 is 29.3 Å². The molecular formula is C12H11NO6S2. The van der Waals surface area contributed by atoms with E-state index in [-0.39, 0.29) is 12.4 Å². The normalized spacial score (nSPS) is 12.0. The van der Waals surface area contributed by atoms with Gasteiger partial charge in [0, 0.05) is 5.75 Å². The van der Waals surface area contributed by atoms with Gasteiger partial charge < -0.3 is 19.7 Å². The number of aromatic nitrogens is 1. The number of carbonyl (C=O) groups is 2. The summed E-state index contributed by atoms with van der Waals surface area (Å²) >= 11 is 2.77. The van der Waals surface area contributed by atoms with Crippen molar-refractivity contribution in [3.8, 4) is 0 Å². The van der Waals surface area contributed by atoms with E-state index >= 15 is 0 Å². The maximum Gasteiger partial charge on any atom is 0.506 e. The second-order valence-corrected chi connectivity index (χ2v) is 6.14. The zero-order valence-electron chi connectivity index (χ0n) is 10.6. The number of thioether (sulfide) groups is 1. The van der Waals surface area contributed by atoms with Crippen molar-refractivity contribution in [2.75, 3.05) is 12.4 Å². The third kappa shape index (κ3) is 4.80. The molecule has 7 nitrogen and oxygen atoms in total. The van der Waals surface area contributed by atoms with Gasteiger partial charge in [-0.05, 0) is 12.1 Å². The zero-order chi connectivity index (χ0) is 15.2. The van der Waals surface area contributed by atoms with Gasteiger partial charge in [0.25, 0.3) is 0 Å². The fourth-order valence-corrected chi connectivity index (χ4v) is 3.56. The number of rotatable bonds is 6. The molecule has 0 spiro atoms. The van der Waals surface area contributed by atoms with Crippen molar-refractivity contribution >= 4 is 45.6 Å². The predicted molar refractivity (Wildman–Crippen MR) is 77.2 cm³/mol. The molecule has 1 unspecified atom stereocenters. The fraction of sp³-hybridized carbons (Fsp3) is 0.250. The summed E-state index contributed by atoms with van der Waals surface area (Å²) in [7, 11) is 0. The van der Waals surface area contributed by atoms with Gasteiger partial charge in [-0.15, -0.1) is 11.3 Å². The molecule has 21 heavy (non-hydrogen) atoms. The minimum absolute atomic E-state index is 0.222. The Labute approximate surface area is 127 Å². The number of thiazole rings is 1. The van der Waals surface area contributed by atoms with Crippen LogP contribution in [-0.2, 0) is 9.47 Å². The van der Waals surface area contributed by atoms with Crippen LogP contribution in [0.3, 0.4) is 0 Å². The van der Waals surface area contributed by atoms with E-state index in [4.69, 9.17) is 10.2 Å². The molecule has 9 heteroatoms. The van der Waals surface area contributed by atoms with E-state index in [2.05, 4.69) is 14.5 Å². The Hall–Kier alpha value is -2.00. The number of para-hydroxylation sites is 1. The first-order valence-corrected chi connectivity index (χ1v) is 7.58. The quantitative estimate of drug-likeness (QED) is 0.615. The molecule has 0 aliphatic heterocycles. The summed E-state index contributed by atoms with van der Waals surface area (Å²) in [5.74, 6) is 0.222. The number of ether oxygens (including phenoxy) is 2. The summed E-state index contributed by atoms with van der Waals surface area (Å²) < 4.78 is 10.7. The van der Waals surface area contributed by atoms with Gasteiger partial charge in [0.2, 0.25) is 0 Å². The molecule has 2 N–H and O–H groups in total. The molecule has 1 aromatic carbocycles. The van der Waals surface area contributed by atoms with Crippen molar-refractivity contribution in [1.82, 2.24) is 4.98 Å². The van der Waals surface area contributed by atoms with Gasteiger partial charge in [0.15, 0.2) is 4.34 Å². The molecule has 1 aromatic heterocycles. The first-order valence-electron chi connectivity index (χ1n) is 5.78. The van der Waals surface area contributed by atoms with Gasteiger partial charge in [0.05, 0.1) is 10.2 Å². The highest BCUT2D eigenvalue weighted by atomic mass is 32.2. The molecular weight excluding hydrogens is 318 g/mol. The lowest BCUT2D eigenvalue weighted by Gasteiger charge is -2.13. The van der Waals surface area contributed by atoms with E-state index in [0.29, 0.717) is 0 Å². The summed E-state index contributed by atoms with van der Waals surface area (Å²) in [6.45, 7) is -0.348. The van der Waals surface area contributed by atoms with Crippen LogP contribution in [0.25, 0.3) is 10.2 Å². The van der Waals surface area contributed by atoms with Gasteiger partial charge in [-0.3, -0.25) is 0 Å². The van der Waals surface area contributed by atoms with Crippen LogP contribution in [0, 0.1) is 0 Å². The number of hydrogen-bond acceptors (Lipinski definition) is 7. The molecule has 0 saturated carbocycles. The molecule has 0 radical (unpaired) electrons. The number of benzene rings is 1. The summed E-state index contributed by atoms with van der Waals surface area (Å²) in [4.78, 5) is 25.3. The average molecular weight is 329 g/mol. The maximum atomic E-state index is 10.6. The van der Waals surface area contributed by atoms with Crippen LogP contribution < -0.4 is 0 Å². The Morgan fingerprint density at radius 3 is 2.71 bits per heavy atom. The molecule has 2 rings (SSSR count). The second-order valence-electron chi connectivity index (χ2n) is 3.84. The van der Waals surface area contributed by atoms with Crippen molar-refractivity contribution in [1.29, 1.82) is 0 Å². The molecule has 0 bridgehead atoms. The van der Waals surface area contributed by atoms with Gasteiger partial charge in [-0.1, -0.05) is 23.9 Å². The summed E-state index contributed by atoms with van der Waals surface area (Å²) in [6.07, 6.45) is -3.83. The molecule has 0 amide bonds. The molecule has 0 aliphatic rings. The number of fused-ring (bicyclic) bond motifs is 1. The van der Waals surface area contributed by atoms with Crippen LogP contribution in [0.1, 0.15) is 0 Å². The molecule has 1 heterocycles. The molecule has 2 aromatic rings. The van der Waals surface area contributed by atoms with Crippen molar-refractivity contribution in [3.05, 3.63) is 24.3 Å². The highest BCUT2D eigenvalue weighted by Gasteiger charge is 2.17. The lowest BCUT2D eigenvalue weighted by molar-refractivity contribution is 0.0140. The van der Waals surface area contributed by atoms with Gasteiger partial charge in [-0.25, -0.2) is 14.6 Å². The lowest BCUT2D eigenvalue weighted by Crippen LogP contribution is -2.26. The first-order chi connectivity index (χ1) is 10.0. The molecule has 0 aliphatic carbocycles. The molecule has 112 valence electrons. The van der Waals surface area contributed by atoms with E-state index in [1.165, 1.54) is 23.1 Å². The number of carboxylic acid groups (broad SMARTS) is 2. The van der Waals surface area contributed by atoms with Crippen LogP contribution in [0.2, 0.25) is 0 Å². The number of hydrogen-bond donors (Lipinski definition) is 2. The van der Waals surface area contributed by atoms with E-state index in [9.17, 15) is 9.59 Å². The van der Waals surface area contributed by atoms with E-state index in [1.807, 2.05) is 24.3 Å². The third-order valence-corrected chi connectivity index (χ3v) is 4.64. The SMILES string of the molecule is O=C(O)OCC(CSc1nc2ccccc2s1)OC(=O)O. The largest absolute Gasteiger partial charge is 0.506 e. The Morgan fingerprint density at radius 1 is 1.29 bits per heavy atom. The van der Waals surface area contributed by atoms with Crippen LogP contribution >= 0.6 is 23.1 Å². The third-order valence-electron chi connectivity index (χ3n) is 2.33. The van der Waals surface area contributed by atoms with E-state index in [0.717, 1.165) is 14.6 Å².